The van der Waals surface area contributed by atoms with Crippen LogP contribution in [0.5, 0.6) is 0 Å². The number of carbonyl (C=O) groups excluding carboxylic acids is 5. The Hall–Kier alpha value is -4.05. The minimum Gasteiger partial charge on any atom is -0.463 e. The zero-order chi connectivity index (χ0) is 28.7. The van der Waals surface area contributed by atoms with Gasteiger partial charge in [-0.3, -0.25) is 24.0 Å². The van der Waals surface area contributed by atoms with Crippen LogP contribution in [0.4, 0.5) is 0 Å². The average Bonchev–Trinajstić information content (AvgIpc) is 2.88. The van der Waals surface area contributed by atoms with Crippen molar-refractivity contribution in [2.45, 2.75) is 71.6 Å². The fraction of sp³-hybridized carbons (Fsp3) is 0.414. The van der Waals surface area contributed by atoms with Crippen molar-refractivity contribution in [2.24, 2.45) is 0 Å². The maximum absolute atomic E-state index is 13.3. The lowest BCUT2D eigenvalue weighted by molar-refractivity contribution is -0.254. The molecule has 10 heteroatoms. The van der Waals surface area contributed by atoms with Gasteiger partial charge in [-0.1, -0.05) is 49.4 Å². The summed E-state index contributed by atoms with van der Waals surface area (Å²) in [6.07, 6.45) is -5.12. The number of carbonyl (C=O) groups is 5. The maximum atomic E-state index is 13.3. The summed E-state index contributed by atoms with van der Waals surface area (Å²) in [7, 11) is 0. The van der Waals surface area contributed by atoms with Crippen molar-refractivity contribution >= 4 is 29.7 Å². The SMILES string of the molecule is CCc1ccc(C(=O)c2cccc([C@@H]3O[C@H](COC(C)=O)[C@@H](OC(C)=O)[C@H](OC(C)=O)[C@H]3OC(C)=O)c2)cc1. The topological polar surface area (TPSA) is 132 Å². The Kier molecular flexibility index (Phi) is 9.95. The standard InChI is InChI=1S/C29H32O10/c1-6-20-10-12-21(13-11-20)25(34)22-8-7-9-23(14-22)26-28(37-18(4)32)29(38-19(5)33)27(36-17(3)31)24(39-26)15-35-16(2)30/h7-14,24,26-29H,6,15H2,1-5H3/t24-,26+,27-,28+,29+/m1/s1. The summed E-state index contributed by atoms with van der Waals surface area (Å²) in [5.74, 6) is -2.97. The quantitative estimate of drug-likeness (QED) is 0.265. The van der Waals surface area contributed by atoms with Gasteiger partial charge in [-0.25, -0.2) is 0 Å². The first-order valence-corrected chi connectivity index (χ1v) is 12.5. The molecule has 5 atom stereocenters. The molecule has 1 fully saturated rings. The van der Waals surface area contributed by atoms with Gasteiger partial charge in [0.15, 0.2) is 24.1 Å². The van der Waals surface area contributed by atoms with E-state index in [2.05, 4.69) is 0 Å². The van der Waals surface area contributed by atoms with Crippen LogP contribution in [0.3, 0.4) is 0 Å². The Morgan fingerprint density at radius 2 is 1.31 bits per heavy atom. The van der Waals surface area contributed by atoms with Crippen molar-refractivity contribution in [3.63, 3.8) is 0 Å². The monoisotopic (exact) mass is 540 g/mol. The van der Waals surface area contributed by atoms with E-state index in [1.165, 1.54) is 13.8 Å². The third kappa shape index (κ3) is 7.73. The Morgan fingerprint density at radius 1 is 0.718 bits per heavy atom. The average molecular weight is 541 g/mol. The first-order chi connectivity index (χ1) is 18.5. The van der Waals surface area contributed by atoms with Crippen LogP contribution in [0.2, 0.25) is 0 Å². The summed E-state index contributed by atoms with van der Waals surface area (Å²) < 4.78 is 27.8. The third-order valence-corrected chi connectivity index (χ3v) is 6.09. The lowest BCUT2D eigenvalue weighted by atomic mass is 9.89. The molecule has 0 radical (unpaired) electrons. The minimum absolute atomic E-state index is 0.231. The molecule has 0 N–H and O–H groups in total. The van der Waals surface area contributed by atoms with Gasteiger partial charge in [0.05, 0.1) is 0 Å². The largest absolute Gasteiger partial charge is 0.463 e. The Morgan fingerprint density at radius 3 is 1.87 bits per heavy atom. The number of hydrogen-bond donors (Lipinski definition) is 0. The number of hydrogen-bond acceptors (Lipinski definition) is 10. The molecule has 1 heterocycles. The fourth-order valence-electron chi connectivity index (χ4n) is 4.41. The lowest BCUT2D eigenvalue weighted by Gasteiger charge is -2.44. The van der Waals surface area contributed by atoms with Gasteiger partial charge in [-0.15, -0.1) is 0 Å². The van der Waals surface area contributed by atoms with E-state index in [0.717, 1.165) is 25.8 Å². The molecule has 0 aliphatic carbocycles. The van der Waals surface area contributed by atoms with Crippen LogP contribution in [0.15, 0.2) is 48.5 Å². The van der Waals surface area contributed by atoms with Crippen molar-refractivity contribution in [1.29, 1.82) is 0 Å². The van der Waals surface area contributed by atoms with E-state index >= 15 is 0 Å². The second kappa shape index (κ2) is 13.1. The van der Waals surface area contributed by atoms with E-state index in [-0.39, 0.29) is 12.4 Å². The van der Waals surface area contributed by atoms with E-state index in [9.17, 15) is 24.0 Å². The molecule has 0 unspecified atom stereocenters. The van der Waals surface area contributed by atoms with Gasteiger partial charge in [0.1, 0.15) is 18.8 Å². The van der Waals surface area contributed by atoms with Crippen molar-refractivity contribution < 1.29 is 47.7 Å². The third-order valence-electron chi connectivity index (χ3n) is 6.09. The summed E-state index contributed by atoms with van der Waals surface area (Å²) in [6, 6.07) is 13.8. The van der Waals surface area contributed by atoms with E-state index in [1.54, 1.807) is 36.4 Å². The Bertz CT molecular complexity index is 1220. The Labute approximate surface area is 226 Å². The number of benzene rings is 2. The highest BCUT2D eigenvalue weighted by molar-refractivity contribution is 6.09. The molecular formula is C29H32O10. The highest BCUT2D eigenvalue weighted by Crippen LogP contribution is 2.38. The number of ketones is 1. The predicted molar refractivity (Wildman–Crippen MR) is 137 cm³/mol. The first-order valence-electron chi connectivity index (χ1n) is 12.5. The molecule has 1 saturated heterocycles. The van der Waals surface area contributed by atoms with Crippen LogP contribution in [0.1, 0.15) is 67.8 Å². The normalized spacial score (nSPS) is 22.3. The van der Waals surface area contributed by atoms with Crippen LogP contribution >= 0.6 is 0 Å². The Balaban J connectivity index is 2.06. The van der Waals surface area contributed by atoms with Crippen molar-refractivity contribution in [2.75, 3.05) is 6.61 Å². The first kappa shape index (κ1) is 29.5. The van der Waals surface area contributed by atoms with Gasteiger partial charge in [-0.2, -0.15) is 0 Å². The molecule has 0 aromatic heterocycles. The number of ether oxygens (including phenoxy) is 5. The fourth-order valence-corrected chi connectivity index (χ4v) is 4.41. The highest BCUT2D eigenvalue weighted by atomic mass is 16.7. The van der Waals surface area contributed by atoms with E-state index < -0.39 is 54.4 Å². The number of rotatable bonds is 9. The highest BCUT2D eigenvalue weighted by Gasteiger charge is 2.52. The predicted octanol–water partition coefficient (Wildman–Crippen LogP) is 3.28. The van der Waals surface area contributed by atoms with Gasteiger partial charge in [-0.05, 0) is 23.6 Å². The van der Waals surface area contributed by atoms with Crippen LogP contribution < -0.4 is 0 Å². The summed E-state index contributed by atoms with van der Waals surface area (Å²) in [4.78, 5) is 60.9. The van der Waals surface area contributed by atoms with Gasteiger partial charge in [0.25, 0.3) is 0 Å². The molecule has 0 bridgehead atoms. The van der Waals surface area contributed by atoms with Gasteiger partial charge in [0, 0.05) is 38.8 Å². The minimum atomic E-state index is -1.30. The van der Waals surface area contributed by atoms with Crippen molar-refractivity contribution in [3.05, 3.63) is 70.8 Å². The van der Waals surface area contributed by atoms with E-state index in [0.29, 0.717) is 16.7 Å². The van der Waals surface area contributed by atoms with Crippen LogP contribution in [0, 0.1) is 0 Å². The van der Waals surface area contributed by atoms with Crippen LogP contribution in [-0.2, 0) is 49.3 Å². The number of aryl methyl sites for hydroxylation is 1. The molecule has 0 spiro atoms. The van der Waals surface area contributed by atoms with Crippen molar-refractivity contribution in [3.8, 4) is 0 Å². The molecule has 10 nitrogen and oxygen atoms in total. The van der Waals surface area contributed by atoms with Crippen molar-refractivity contribution in [1.82, 2.24) is 0 Å². The summed E-state index contributed by atoms with van der Waals surface area (Å²) >= 11 is 0. The summed E-state index contributed by atoms with van der Waals surface area (Å²) in [6.45, 7) is 6.37. The number of esters is 4. The lowest BCUT2D eigenvalue weighted by Crippen LogP contribution is -2.59. The second-order valence-electron chi connectivity index (χ2n) is 9.12. The molecular weight excluding hydrogens is 508 g/mol. The summed E-state index contributed by atoms with van der Waals surface area (Å²) in [5, 5.41) is 0. The van der Waals surface area contributed by atoms with Crippen LogP contribution in [0.25, 0.3) is 0 Å². The van der Waals surface area contributed by atoms with Crippen LogP contribution in [-0.4, -0.2) is 60.7 Å². The molecule has 0 saturated carbocycles. The maximum Gasteiger partial charge on any atom is 0.303 e. The molecule has 3 rings (SSSR count). The second-order valence-corrected chi connectivity index (χ2v) is 9.12. The molecule has 0 amide bonds. The van der Waals surface area contributed by atoms with Gasteiger partial charge >= 0.3 is 23.9 Å². The molecule has 39 heavy (non-hydrogen) atoms. The van der Waals surface area contributed by atoms with Gasteiger partial charge in [0.2, 0.25) is 0 Å². The molecule has 2 aromatic carbocycles. The van der Waals surface area contributed by atoms with E-state index in [1.807, 2.05) is 19.1 Å². The molecule has 2 aromatic rings. The zero-order valence-electron chi connectivity index (χ0n) is 22.5. The smallest absolute Gasteiger partial charge is 0.303 e. The zero-order valence-corrected chi connectivity index (χ0v) is 22.5. The summed E-state index contributed by atoms with van der Waals surface area (Å²) in [5.41, 5.74) is 2.37. The van der Waals surface area contributed by atoms with E-state index in [4.69, 9.17) is 23.7 Å². The molecule has 208 valence electrons. The van der Waals surface area contributed by atoms with Gasteiger partial charge < -0.3 is 23.7 Å². The molecule has 1 aliphatic rings. The molecule has 1 aliphatic heterocycles.